The van der Waals surface area contributed by atoms with E-state index < -0.39 is 0 Å². The topological polar surface area (TPSA) is 69.8 Å². The van der Waals surface area contributed by atoms with E-state index in [0.717, 1.165) is 10.8 Å². The summed E-state index contributed by atoms with van der Waals surface area (Å²) in [6.45, 7) is 0. The Bertz CT molecular complexity index is 945. The zero-order valence-corrected chi connectivity index (χ0v) is 13.4. The van der Waals surface area contributed by atoms with Gasteiger partial charge in [-0.15, -0.1) is 0 Å². The average Bonchev–Trinajstić information content (AvgIpc) is 2.59. The minimum Gasteiger partial charge on any atom is -0.497 e. The van der Waals surface area contributed by atoms with Crippen molar-refractivity contribution in [2.45, 2.75) is 0 Å². The molecule has 0 radical (unpaired) electrons. The van der Waals surface area contributed by atoms with Crippen LogP contribution in [0.15, 0.2) is 29.1 Å². The second kappa shape index (κ2) is 5.72. The van der Waals surface area contributed by atoms with Crippen molar-refractivity contribution in [1.29, 1.82) is 0 Å². The molecule has 2 aromatic carbocycles. The normalized spacial score (nSPS) is 10.8. The van der Waals surface area contributed by atoms with Crippen molar-refractivity contribution < 1.29 is 18.9 Å². The first-order valence-electron chi connectivity index (χ1n) is 6.96. The summed E-state index contributed by atoms with van der Waals surface area (Å²) in [7, 11) is 6.23. The molecule has 0 aliphatic carbocycles. The molecule has 6 nitrogen and oxygen atoms in total. The quantitative estimate of drug-likeness (QED) is 0.750. The SMILES string of the molecule is COc1cc(OC)c2c(c1)[nH]c(=O)c1cc(OC)c(OC)cc12. The number of hydrogen-bond donors (Lipinski definition) is 1. The molecule has 23 heavy (non-hydrogen) atoms. The van der Waals surface area contributed by atoms with E-state index in [9.17, 15) is 4.79 Å². The highest BCUT2D eigenvalue weighted by atomic mass is 16.5. The van der Waals surface area contributed by atoms with Gasteiger partial charge in [-0.3, -0.25) is 4.79 Å². The lowest BCUT2D eigenvalue weighted by Crippen LogP contribution is -2.08. The average molecular weight is 315 g/mol. The van der Waals surface area contributed by atoms with Crippen molar-refractivity contribution in [3.63, 3.8) is 0 Å². The molecule has 0 saturated heterocycles. The number of aromatic nitrogens is 1. The number of ether oxygens (including phenoxy) is 4. The third kappa shape index (κ3) is 2.32. The summed E-state index contributed by atoms with van der Waals surface area (Å²) in [4.78, 5) is 15.3. The third-order valence-corrected chi connectivity index (χ3v) is 3.82. The summed E-state index contributed by atoms with van der Waals surface area (Å²) in [5.74, 6) is 2.25. The van der Waals surface area contributed by atoms with Crippen molar-refractivity contribution >= 4 is 21.7 Å². The van der Waals surface area contributed by atoms with Crippen LogP contribution in [-0.4, -0.2) is 33.4 Å². The fourth-order valence-electron chi connectivity index (χ4n) is 2.71. The molecular weight excluding hydrogens is 298 g/mol. The van der Waals surface area contributed by atoms with E-state index in [-0.39, 0.29) is 5.56 Å². The molecule has 0 fully saturated rings. The van der Waals surface area contributed by atoms with Gasteiger partial charge < -0.3 is 23.9 Å². The third-order valence-electron chi connectivity index (χ3n) is 3.82. The van der Waals surface area contributed by atoms with E-state index in [1.165, 1.54) is 7.11 Å². The van der Waals surface area contributed by atoms with Crippen LogP contribution in [0.2, 0.25) is 0 Å². The van der Waals surface area contributed by atoms with Gasteiger partial charge in [-0.05, 0) is 12.1 Å². The van der Waals surface area contributed by atoms with Crippen molar-refractivity contribution in [2.75, 3.05) is 28.4 Å². The van der Waals surface area contributed by atoms with Gasteiger partial charge in [0.05, 0.1) is 39.3 Å². The minimum atomic E-state index is -0.219. The van der Waals surface area contributed by atoms with Gasteiger partial charge in [0.1, 0.15) is 11.5 Å². The lowest BCUT2D eigenvalue weighted by molar-refractivity contribution is 0.356. The maximum absolute atomic E-state index is 12.4. The number of H-pyrrole nitrogens is 1. The van der Waals surface area contributed by atoms with Crippen LogP contribution < -0.4 is 24.5 Å². The minimum absolute atomic E-state index is 0.219. The van der Waals surface area contributed by atoms with E-state index in [0.29, 0.717) is 33.9 Å². The number of rotatable bonds is 4. The second-order valence-electron chi connectivity index (χ2n) is 4.96. The highest BCUT2D eigenvalue weighted by molar-refractivity contribution is 6.10. The summed E-state index contributed by atoms with van der Waals surface area (Å²) in [6.07, 6.45) is 0. The van der Waals surface area contributed by atoms with Gasteiger partial charge >= 0.3 is 0 Å². The number of fused-ring (bicyclic) bond motifs is 3. The van der Waals surface area contributed by atoms with Gasteiger partial charge in [0.25, 0.3) is 5.56 Å². The molecule has 3 rings (SSSR count). The maximum atomic E-state index is 12.4. The highest BCUT2D eigenvalue weighted by Gasteiger charge is 2.15. The molecule has 0 aliphatic rings. The molecule has 0 amide bonds. The molecule has 0 aliphatic heterocycles. The lowest BCUT2D eigenvalue weighted by Gasteiger charge is -2.13. The number of benzene rings is 2. The Morgan fingerprint density at radius 3 is 1.91 bits per heavy atom. The van der Waals surface area contributed by atoms with E-state index in [1.54, 1.807) is 45.6 Å². The number of pyridine rings is 1. The van der Waals surface area contributed by atoms with Crippen LogP contribution in [0.5, 0.6) is 23.0 Å². The first-order valence-corrected chi connectivity index (χ1v) is 6.96. The number of aromatic amines is 1. The molecule has 0 saturated carbocycles. The van der Waals surface area contributed by atoms with E-state index in [4.69, 9.17) is 18.9 Å². The molecule has 1 aromatic heterocycles. The predicted octanol–water partition coefficient (Wildman–Crippen LogP) is 2.72. The largest absolute Gasteiger partial charge is 0.497 e. The molecule has 6 heteroatoms. The van der Waals surface area contributed by atoms with Crippen LogP contribution in [-0.2, 0) is 0 Å². The maximum Gasteiger partial charge on any atom is 0.256 e. The van der Waals surface area contributed by atoms with Crippen LogP contribution in [0.1, 0.15) is 0 Å². The van der Waals surface area contributed by atoms with Crippen LogP contribution in [0.3, 0.4) is 0 Å². The zero-order chi connectivity index (χ0) is 16.6. The lowest BCUT2D eigenvalue weighted by atomic mass is 10.0. The Labute approximate surface area is 132 Å². The van der Waals surface area contributed by atoms with E-state index in [1.807, 2.05) is 0 Å². The molecule has 1 N–H and O–H groups in total. The summed E-state index contributed by atoms with van der Waals surface area (Å²) in [5, 5.41) is 2.00. The predicted molar refractivity (Wildman–Crippen MR) is 88.3 cm³/mol. The van der Waals surface area contributed by atoms with Crippen LogP contribution in [0.25, 0.3) is 21.7 Å². The van der Waals surface area contributed by atoms with Crippen LogP contribution in [0, 0.1) is 0 Å². The summed E-state index contributed by atoms with van der Waals surface area (Å²) in [5.41, 5.74) is 0.412. The molecule has 0 spiro atoms. The molecule has 0 bridgehead atoms. The molecule has 3 aromatic rings. The number of nitrogens with one attached hydrogen (secondary N) is 1. The van der Waals surface area contributed by atoms with Crippen molar-refractivity contribution in [2.24, 2.45) is 0 Å². The van der Waals surface area contributed by atoms with Gasteiger partial charge in [0.15, 0.2) is 11.5 Å². The van der Waals surface area contributed by atoms with Crippen molar-refractivity contribution in [3.05, 3.63) is 34.6 Å². The first-order chi connectivity index (χ1) is 11.1. The fraction of sp³-hybridized carbons (Fsp3) is 0.235. The second-order valence-corrected chi connectivity index (χ2v) is 4.96. The number of hydrogen-bond acceptors (Lipinski definition) is 5. The van der Waals surface area contributed by atoms with E-state index >= 15 is 0 Å². The Balaban J connectivity index is 2.52. The van der Waals surface area contributed by atoms with Crippen molar-refractivity contribution in [1.82, 2.24) is 4.98 Å². The summed E-state index contributed by atoms with van der Waals surface area (Å²) in [6, 6.07) is 6.98. The first kappa shape index (κ1) is 15.0. The monoisotopic (exact) mass is 315 g/mol. The highest BCUT2D eigenvalue weighted by Crippen LogP contribution is 2.38. The molecule has 1 heterocycles. The summed E-state index contributed by atoms with van der Waals surface area (Å²) >= 11 is 0. The van der Waals surface area contributed by atoms with Crippen molar-refractivity contribution in [3.8, 4) is 23.0 Å². The van der Waals surface area contributed by atoms with Crippen LogP contribution >= 0.6 is 0 Å². The standard InChI is InChI=1S/C17H17NO5/c1-20-9-5-12-16(15(6-9)23-4)10-7-13(21-2)14(22-3)8-11(10)17(19)18-12/h5-8H,1-4H3,(H,18,19). The van der Waals surface area contributed by atoms with E-state index in [2.05, 4.69) is 4.98 Å². The fourth-order valence-corrected chi connectivity index (χ4v) is 2.71. The Morgan fingerprint density at radius 2 is 1.35 bits per heavy atom. The Kier molecular flexibility index (Phi) is 3.73. The van der Waals surface area contributed by atoms with Crippen LogP contribution in [0.4, 0.5) is 0 Å². The molecule has 0 unspecified atom stereocenters. The molecule has 120 valence electrons. The van der Waals surface area contributed by atoms with Gasteiger partial charge in [0.2, 0.25) is 0 Å². The molecule has 0 atom stereocenters. The Hall–Kier alpha value is -2.89. The van der Waals surface area contributed by atoms with Gasteiger partial charge in [0, 0.05) is 22.9 Å². The smallest absolute Gasteiger partial charge is 0.256 e. The zero-order valence-electron chi connectivity index (χ0n) is 13.4. The van der Waals surface area contributed by atoms with Gasteiger partial charge in [-0.2, -0.15) is 0 Å². The van der Waals surface area contributed by atoms with Gasteiger partial charge in [-0.25, -0.2) is 0 Å². The van der Waals surface area contributed by atoms with Gasteiger partial charge in [-0.1, -0.05) is 0 Å². The summed E-state index contributed by atoms with van der Waals surface area (Å²) < 4.78 is 21.3. The molecular formula is C17H17NO5. The Morgan fingerprint density at radius 1 is 0.739 bits per heavy atom. The number of methoxy groups -OCH3 is 4.